The molecule has 0 unspecified atom stereocenters. The average molecular weight is 267 g/mol. The zero-order valence-electron chi connectivity index (χ0n) is 11.5. The molecule has 0 spiro atoms. The maximum atomic E-state index is 11.2. The lowest BCUT2D eigenvalue weighted by molar-refractivity contribution is -0.384. The minimum absolute atomic E-state index is 0.121. The molecule has 7 heteroatoms. The SMILES string of the molecule is CCCc1nn(C)c(NCCNC2CC2)c1[N+](=O)[O-]. The van der Waals surface area contributed by atoms with E-state index < -0.39 is 0 Å². The molecule has 1 aliphatic carbocycles. The molecule has 0 radical (unpaired) electrons. The lowest BCUT2D eigenvalue weighted by atomic mass is 10.2. The monoisotopic (exact) mass is 267 g/mol. The molecule has 0 atom stereocenters. The van der Waals surface area contributed by atoms with Crippen molar-refractivity contribution < 1.29 is 4.92 Å². The van der Waals surface area contributed by atoms with Gasteiger partial charge in [-0.1, -0.05) is 13.3 Å². The highest BCUT2D eigenvalue weighted by molar-refractivity contribution is 5.59. The molecule has 7 nitrogen and oxygen atoms in total. The summed E-state index contributed by atoms with van der Waals surface area (Å²) in [5.41, 5.74) is 0.684. The molecule has 1 aromatic heterocycles. The number of hydrogen-bond acceptors (Lipinski definition) is 5. The number of anilines is 1. The Morgan fingerprint density at radius 1 is 1.47 bits per heavy atom. The molecular weight excluding hydrogens is 246 g/mol. The van der Waals surface area contributed by atoms with Crippen LogP contribution in [0.5, 0.6) is 0 Å². The van der Waals surface area contributed by atoms with Gasteiger partial charge in [-0.2, -0.15) is 5.10 Å². The minimum atomic E-state index is -0.339. The van der Waals surface area contributed by atoms with Gasteiger partial charge < -0.3 is 10.6 Å². The fraction of sp³-hybridized carbons (Fsp3) is 0.750. The van der Waals surface area contributed by atoms with Crippen LogP contribution in [0.4, 0.5) is 11.5 Å². The molecular formula is C12H21N5O2. The van der Waals surface area contributed by atoms with Crippen molar-refractivity contribution in [2.45, 2.75) is 38.6 Å². The second-order valence-electron chi connectivity index (χ2n) is 4.93. The van der Waals surface area contributed by atoms with E-state index in [1.165, 1.54) is 12.8 Å². The normalized spacial score (nSPS) is 14.6. The van der Waals surface area contributed by atoms with E-state index in [0.717, 1.165) is 13.0 Å². The van der Waals surface area contributed by atoms with E-state index in [1.807, 2.05) is 6.92 Å². The van der Waals surface area contributed by atoms with Gasteiger partial charge in [-0.05, 0) is 19.3 Å². The maximum Gasteiger partial charge on any atom is 0.333 e. The number of aryl methyl sites for hydroxylation is 2. The molecule has 0 aliphatic heterocycles. The van der Waals surface area contributed by atoms with E-state index >= 15 is 0 Å². The first-order chi connectivity index (χ1) is 9.13. The van der Waals surface area contributed by atoms with Crippen molar-refractivity contribution in [3.8, 4) is 0 Å². The smallest absolute Gasteiger partial charge is 0.333 e. The van der Waals surface area contributed by atoms with Gasteiger partial charge in [-0.15, -0.1) is 0 Å². The van der Waals surface area contributed by atoms with Crippen molar-refractivity contribution in [2.75, 3.05) is 18.4 Å². The van der Waals surface area contributed by atoms with Gasteiger partial charge in [0.1, 0.15) is 5.69 Å². The van der Waals surface area contributed by atoms with Crippen molar-refractivity contribution in [2.24, 2.45) is 7.05 Å². The Morgan fingerprint density at radius 3 is 2.79 bits per heavy atom. The van der Waals surface area contributed by atoms with Crippen LogP contribution < -0.4 is 10.6 Å². The summed E-state index contributed by atoms with van der Waals surface area (Å²) in [6, 6.07) is 0.652. The first kappa shape index (κ1) is 13.8. The number of nitrogens with one attached hydrogen (secondary N) is 2. The predicted molar refractivity (Wildman–Crippen MR) is 73.4 cm³/mol. The largest absolute Gasteiger partial charge is 0.363 e. The highest BCUT2D eigenvalue weighted by atomic mass is 16.6. The van der Waals surface area contributed by atoms with Crippen LogP contribution in [0.2, 0.25) is 0 Å². The fourth-order valence-electron chi connectivity index (χ4n) is 2.11. The molecule has 1 aromatic rings. The quantitative estimate of drug-likeness (QED) is 0.423. The first-order valence-electron chi connectivity index (χ1n) is 6.81. The summed E-state index contributed by atoms with van der Waals surface area (Å²) in [5.74, 6) is 0.506. The summed E-state index contributed by atoms with van der Waals surface area (Å²) < 4.78 is 1.57. The number of nitro groups is 1. The van der Waals surface area contributed by atoms with E-state index in [2.05, 4.69) is 15.7 Å². The summed E-state index contributed by atoms with van der Waals surface area (Å²) >= 11 is 0. The standard InChI is InChI=1S/C12H21N5O2/c1-3-4-10-11(17(18)19)12(16(2)15-10)14-8-7-13-9-5-6-9/h9,13-14H,3-8H2,1-2H3. The van der Waals surface area contributed by atoms with E-state index in [4.69, 9.17) is 0 Å². The average Bonchev–Trinajstić information content (AvgIpc) is 3.11. The Hall–Kier alpha value is -1.63. The van der Waals surface area contributed by atoms with E-state index in [0.29, 0.717) is 30.5 Å². The predicted octanol–water partition coefficient (Wildman–Crippen LogP) is 1.44. The Kier molecular flexibility index (Phi) is 4.36. The molecule has 2 N–H and O–H groups in total. The lowest BCUT2D eigenvalue weighted by Crippen LogP contribution is -2.24. The summed E-state index contributed by atoms with van der Waals surface area (Å²) in [6.45, 7) is 3.48. The van der Waals surface area contributed by atoms with Crippen LogP contribution in [0.3, 0.4) is 0 Å². The van der Waals surface area contributed by atoms with Crippen molar-refractivity contribution in [3.05, 3.63) is 15.8 Å². The van der Waals surface area contributed by atoms with Crippen LogP contribution in [0.25, 0.3) is 0 Å². The van der Waals surface area contributed by atoms with Crippen LogP contribution in [0, 0.1) is 10.1 Å². The summed E-state index contributed by atoms with van der Waals surface area (Å²) in [6.07, 6.45) is 3.96. The lowest BCUT2D eigenvalue weighted by Gasteiger charge is -2.06. The van der Waals surface area contributed by atoms with Gasteiger partial charge in [0.15, 0.2) is 0 Å². The second-order valence-corrected chi connectivity index (χ2v) is 4.93. The third-order valence-electron chi connectivity index (χ3n) is 3.19. The Labute approximate surface area is 112 Å². The number of aromatic nitrogens is 2. The molecule has 106 valence electrons. The summed E-state index contributed by atoms with van der Waals surface area (Å²) in [4.78, 5) is 10.8. The highest BCUT2D eigenvalue weighted by Crippen LogP contribution is 2.28. The van der Waals surface area contributed by atoms with Crippen LogP contribution in [0.15, 0.2) is 0 Å². The van der Waals surface area contributed by atoms with Crippen LogP contribution in [-0.2, 0) is 13.5 Å². The van der Waals surface area contributed by atoms with Gasteiger partial charge in [0.2, 0.25) is 5.82 Å². The third kappa shape index (κ3) is 3.44. The van der Waals surface area contributed by atoms with Gasteiger partial charge >= 0.3 is 5.69 Å². The van der Waals surface area contributed by atoms with Crippen molar-refractivity contribution in [3.63, 3.8) is 0 Å². The summed E-state index contributed by atoms with van der Waals surface area (Å²) in [5, 5.41) is 21.9. The molecule has 1 saturated carbocycles. The van der Waals surface area contributed by atoms with Crippen molar-refractivity contribution in [1.82, 2.24) is 15.1 Å². The zero-order chi connectivity index (χ0) is 13.8. The van der Waals surface area contributed by atoms with Gasteiger partial charge in [-0.3, -0.25) is 10.1 Å². The molecule has 1 heterocycles. The van der Waals surface area contributed by atoms with Crippen LogP contribution in [-0.4, -0.2) is 33.8 Å². The van der Waals surface area contributed by atoms with Crippen LogP contribution in [0.1, 0.15) is 31.9 Å². The molecule has 2 rings (SSSR count). The molecule has 0 aromatic carbocycles. The molecule has 0 saturated heterocycles. The zero-order valence-corrected chi connectivity index (χ0v) is 11.5. The molecule has 1 fully saturated rings. The topological polar surface area (TPSA) is 85.0 Å². The molecule has 0 bridgehead atoms. The second kappa shape index (κ2) is 6.01. The van der Waals surface area contributed by atoms with Crippen molar-refractivity contribution in [1.29, 1.82) is 0 Å². The molecule has 19 heavy (non-hydrogen) atoms. The Morgan fingerprint density at radius 2 is 2.21 bits per heavy atom. The van der Waals surface area contributed by atoms with E-state index in [9.17, 15) is 10.1 Å². The fourth-order valence-corrected chi connectivity index (χ4v) is 2.11. The number of rotatable bonds is 8. The van der Waals surface area contributed by atoms with Crippen molar-refractivity contribution >= 4 is 11.5 Å². The number of nitrogens with zero attached hydrogens (tertiary/aromatic N) is 3. The summed E-state index contributed by atoms with van der Waals surface area (Å²) in [7, 11) is 1.74. The van der Waals surface area contributed by atoms with Gasteiger partial charge in [0, 0.05) is 26.2 Å². The molecule has 0 amide bonds. The highest BCUT2D eigenvalue weighted by Gasteiger charge is 2.26. The third-order valence-corrected chi connectivity index (χ3v) is 3.19. The first-order valence-corrected chi connectivity index (χ1v) is 6.81. The minimum Gasteiger partial charge on any atom is -0.363 e. The van der Waals surface area contributed by atoms with E-state index in [-0.39, 0.29) is 10.6 Å². The Bertz CT molecular complexity index is 453. The van der Waals surface area contributed by atoms with Gasteiger partial charge in [0.25, 0.3) is 0 Å². The Balaban J connectivity index is 2.01. The number of hydrogen-bond donors (Lipinski definition) is 2. The van der Waals surface area contributed by atoms with Crippen LogP contribution >= 0.6 is 0 Å². The molecule has 1 aliphatic rings. The van der Waals surface area contributed by atoms with E-state index in [1.54, 1.807) is 11.7 Å². The maximum absolute atomic E-state index is 11.2. The van der Waals surface area contributed by atoms with Gasteiger partial charge in [-0.25, -0.2) is 4.68 Å². The van der Waals surface area contributed by atoms with Gasteiger partial charge in [0.05, 0.1) is 4.92 Å².